The summed E-state index contributed by atoms with van der Waals surface area (Å²) in [5.74, 6) is 5.41. The summed E-state index contributed by atoms with van der Waals surface area (Å²) in [6, 6.07) is 0. The van der Waals surface area contributed by atoms with Crippen molar-refractivity contribution in [1.29, 1.82) is 0 Å². The third-order valence-electron chi connectivity index (χ3n) is 1.70. The number of nitrogens with one attached hydrogen (secondary N) is 2. The third-order valence-corrected chi connectivity index (χ3v) is 1.70. The summed E-state index contributed by atoms with van der Waals surface area (Å²) in [6.45, 7) is 6.42. The zero-order chi connectivity index (χ0) is 11.9. The van der Waals surface area contributed by atoms with Gasteiger partial charge >= 0.3 is 0 Å². The van der Waals surface area contributed by atoms with Gasteiger partial charge in [0, 0.05) is 18.5 Å². The van der Waals surface area contributed by atoms with Gasteiger partial charge in [-0.25, -0.2) is 5.84 Å². The summed E-state index contributed by atoms with van der Waals surface area (Å²) in [4.78, 5) is 15.0. The van der Waals surface area contributed by atoms with Crippen molar-refractivity contribution in [3.8, 4) is 0 Å². The van der Waals surface area contributed by atoms with E-state index in [0.29, 0.717) is 12.5 Å². The molecule has 0 saturated carbocycles. The molecule has 1 amide bonds. The summed E-state index contributed by atoms with van der Waals surface area (Å²) in [5, 5.41) is 3.02. The third kappa shape index (κ3) is 6.73. The molecule has 6 nitrogen and oxygen atoms in total. The maximum Gasteiger partial charge on any atom is 0.219 e. The van der Waals surface area contributed by atoms with Gasteiger partial charge in [-0.2, -0.15) is 0 Å². The van der Waals surface area contributed by atoms with Crippen LogP contribution in [0.3, 0.4) is 0 Å². The Labute approximate surface area is 90.5 Å². The van der Waals surface area contributed by atoms with Gasteiger partial charge in [0.25, 0.3) is 0 Å². The van der Waals surface area contributed by atoms with E-state index in [1.54, 1.807) is 0 Å². The number of carbonyl (C=O) groups excluding carboxylic acids is 1. The maximum absolute atomic E-state index is 10.8. The van der Waals surface area contributed by atoms with Gasteiger partial charge in [0.2, 0.25) is 11.9 Å². The van der Waals surface area contributed by atoms with Crippen LogP contribution in [0.4, 0.5) is 0 Å². The first-order chi connectivity index (χ1) is 6.91. The Bertz CT molecular complexity index is 237. The van der Waals surface area contributed by atoms with Gasteiger partial charge in [-0.1, -0.05) is 6.92 Å². The highest BCUT2D eigenvalue weighted by Crippen LogP contribution is 2.06. The molecule has 0 aliphatic heterocycles. The smallest absolute Gasteiger partial charge is 0.219 e. The maximum atomic E-state index is 10.8. The fraction of sp³-hybridized carbons (Fsp3) is 0.778. The first kappa shape index (κ1) is 13.7. The number of hydrogen-bond acceptors (Lipinski definition) is 3. The number of amides is 1. The minimum atomic E-state index is -0.454. The molecule has 0 radical (unpaired) electrons. The quantitative estimate of drug-likeness (QED) is 0.214. The van der Waals surface area contributed by atoms with E-state index >= 15 is 0 Å². The molecule has 15 heavy (non-hydrogen) atoms. The van der Waals surface area contributed by atoms with E-state index in [-0.39, 0.29) is 12.3 Å². The van der Waals surface area contributed by atoms with Crippen molar-refractivity contribution >= 4 is 11.9 Å². The SMILES string of the molecule is CCCN=C(NN)NC(C)(C)CC(N)=O. The van der Waals surface area contributed by atoms with Crippen LogP contribution in [-0.4, -0.2) is 24.0 Å². The first-order valence-corrected chi connectivity index (χ1v) is 4.99. The second kappa shape index (κ2) is 6.23. The molecule has 6 N–H and O–H groups in total. The summed E-state index contributed by atoms with van der Waals surface area (Å²) < 4.78 is 0. The summed E-state index contributed by atoms with van der Waals surface area (Å²) in [5.41, 5.74) is 7.12. The van der Waals surface area contributed by atoms with Crippen LogP contribution in [-0.2, 0) is 4.79 Å². The lowest BCUT2D eigenvalue weighted by Gasteiger charge is -2.26. The van der Waals surface area contributed by atoms with Crippen LogP contribution in [0.25, 0.3) is 0 Å². The van der Waals surface area contributed by atoms with Crippen molar-refractivity contribution < 1.29 is 4.79 Å². The molecule has 0 aliphatic carbocycles. The molecule has 0 aromatic rings. The number of guanidine groups is 1. The molecule has 0 rings (SSSR count). The second-order valence-corrected chi connectivity index (χ2v) is 4.03. The van der Waals surface area contributed by atoms with Gasteiger partial charge in [-0.15, -0.1) is 0 Å². The molecule has 0 fully saturated rings. The monoisotopic (exact) mass is 215 g/mol. The number of primary amides is 1. The number of carbonyl (C=O) groups is 1. The van der Waals surface area contributed by atoms with E-state index < -0.39 is 5.54 Å². The Morgan fingerprint density at radius 1 is 1.47 bits per heavy atom. The molecule has 0 heterocycles. The van der Waals surface area contributed by atoms with Crippen molar-refractivity contribution in [2.75, 3.05) is 6.54 Å². The normalized spacial score (nSPS) is 12.4. The van der Waals surface area contributed by atoms with Gasteiger partial charge in [-0.3, -0.25) is 15.2 Å². The Morgan fingerprint density at radius 3 is 2.47 bits per heavy atom. The summed E-state index contributed by atoms with van der Waals surface area (Å²) in [7, 11) is 0. The molecule has 0 bridgehead atoms. The first-order valence-electron chi connectivity index (χ1n) is 4.99. The summed E-state index contributed by atoms with van der Waals surface area (Å²) >= 11 is 0. The summed E-state index contributed by atoms with van der Waals surface area (Å²) in [6.07, 6.45) is 1.16. The number of hydrogen-bond donors (Lipinski definition) is 4. The average molecular weight is 215 g/mol. The number of rotatable bonds is 5. The van der Waals surface area contributed by atoms with Crippen molar-refractivity contribution in [3.05, 3.63) is 0 Å². The van der Waals surface area contributed by atoms with Crippen molar-refractivity contribution in [2.24, 2.45) is 16.6 Å². The Hall–Kier alpha value is -1.30. The van der Waals surface area contributed by atoms with E-state index in [9.17, 15) is 4.79 Å². The van der Waals surface area contributed by atoms with Crippen molar-refractivity contribution in [1.82, 2.24) is 10.7 Å². The van der Waals surface area contributed by atoms with Gasteiger partial charge in [0.1, 0.15) is 0 Å². The molecule has 0 aliphatic rings. The standard InChI is InChI=1S/C9H21N5O/c1-4-5-12-8(14-11)13-9(2,3)6-7(10)15/h4-6,11H2,1-3H3,(H2,10,15)(H2,12,13,14). The molecule has 88 valence electrons. The lowest BCUT2D eigenvalue weighted by molar-refractivity contribution is -0.119. The fourth-order valence-corrected chi connectivity index (χ4v) is 1.15. The van der Waals surface area contributed by atoms with E-state index in [4.69, 9.17) is 11.6 Å². The van der Waals surface area contributed by atoms with E-state index in [1.165, 1.54) is 0 Å². The van der Waals surface area contributed by atoms with Crippen LogP contribution < -0.4 is 22.3 Å². The number of nitrogens with two attached hydrogens (primary N) is 2. The predicted molar refractivity (Wildman–Crippen MR) is 60.9 cm³/mol. The molecule has 0 atom stereocenters. The minimum Gasteiger partial charge on any atom is -0.370 e. The average Bonchev–Trinajstić information content (AvgIpc) is 2.09. The van der Waals surface area contributed by atoms with E-state index in [1.807, 2.05) is 20.8 Å². The highest BCUT2D eigenvalue weighted by Gasteiger charge is 2.21. The zero-order valence-electron chi connectivity index (χ0n) is 9.63. The largest absolute Gasteiger partial charge is 0.370 e. The number of nitrogens with zero attached hydrogens (tertiary/aromatic N) is 1. The van der Waals surface area contributed by atoms with Gasteiger partial charge in [0.05, 0.1) is 0 Å². The number of hydrazine groups is 1. The number of aliphatic imine (C=N–C) groups is 1. The molecule has 0 spiro atoms. The van der Waals surface area contributed by atoms with Crippen LogP contribution >= 0.6 is 0 Å². The van der Waals surface area contributed by atoms with Crippen LogP contribution in [0.1, 0.15) is 33.6 Å². The second-order valence-electron chi connectivity index (χ2n) is 4.03. The lowest BCUT2D eigenvalue weighted by atomic mass is 10.0. The van der Waals surface area contributed by atoms with Gasteiger partial charge < -0.3 is 11.1 Å². The van der Waals surface area contributed by atoms with Crippen LogP contribution in [0.15, 0.2) is 4.99 Å². The topological polar surface area (TPSA) is 106 Å². The molecule has 0 aromatic carbocycles. The molecule has 0 unspecified atom stereocenters. The molecular weight excluding hydrogens is 194 g/mol. The molecule has 0 aromatic heterocycles. The van der Waals surface area contributed by atoms with Crippen LogP contribution in [0.5, 0.6) is 0 Å². The molecule has 0 saturated heterocycles. The Kier molecular flexibility index (Phi) is 5.69. The zero-order valence-corrected chi connectivity index (χ0v) is 9.63. The lowest BCUT2D eigenvalue weighted by Crippen LogP contribution is -2.52. The van der Waals surface area contributed by atoms with Crippen LogP contribution in [0.2, 0.25) is 0 Å². The Balaban J connectivity index is 4.32. The fourth-order valence-electron chi connectivity index (χ4n) is 1.15. The van der Waals surface area contributed by atoms with Gasteiger partial charge in [0.15, 0.2) is 0 Å². The van der Waals surface area contributed by atoms with E-state index in [0.717, 1.165) is 6.42 Å². The van der Waals surface area contributed by atoms with E-state index in [2.05, 4.69) is 15.7 Å². The highest BCUT2D eigenvalue weighted by molar-refractivity contribution is 5.81. The molecule has 6 heteroatoms. The van der Waals surface area contributed by atoms with Crippen molar-refractivity contribution in [3.63, 3.8) is 0 Å². The van der Waals surface area contributed by atoms with Gasteiger partial charge in [-0.05, 0) is 20.3 Å². The Morgan fingerprint density at radius 2 is 2.07 bits per heavy atom. The predicted octanol–water partition coefficient (Wildman–Crippen LogP) is -0.541. The van der Waals surface area contributed by atoms with Crippen LogP contribution in [0, 0.1) is 0 Å². The minimum absolute atomic E-state index is 0.222. The highest BCUT2D eigenvalue weighted by atomic mass is 16.1. The molecular formula is C9H21N5O. The van der Waals surface area contributed by atoms with Crippen molar-refractivity contribution in [2.45, 2.75) is 39.2 Å².